The molecule has 106 valence electrons. The standard InChI is InChI=1S/C14H28N2O2/c1-3-4-11-18-12-5-8-16-13(17)14(2)6-9-15-10-7-14/h15H,3-12H2,1-2H3,(H,16,17). The predicted molar refractivity (Wildman–Crippen MR) is 73.6 cm³/mol. The second-order valence-electron chi connectivity index (χ2n) is 5.39. The Hall–Kier alpha value is -0.610. The summed E-state index contributed by atoms with van der Waals surface area (Å²) in [6, 6.07) is 0. The largest absolute Gasteiger partial charge is 0.381 e. The van der Waals surface area contributed by atoms with Gasteiger partial charge in [-0.2, -0.15) is 0 Å². The molecule has 4 heteroatoms. The molecule has 0 spiro atoms. The molecule has 1 amide bonds. The molecule has 0 radical (unpaired) electrons. The summed E-state index contributed by atoms with van der Waals surface area (Å²) in [5.41, 5.74) is -0.172. The second-order valence-corrected chi connectivity index (χ2v) is 5.39. The van der Waals surface area contributed by atoms with Crippen molar-refractivity contribution >= 4 is 5.91 Å². The maximum Gasteiger partial charge on any atom is 0.226 e. The zero-order valence-corrected chi connectivity index (χ0v) is 11.9. The minimum atomic E-state index is -0.172. The molecule has 1 fully saturated rings. The van der Waals surface area contributed by atoms with Gasteiger partial charge in [-0.3, -0.25) is 4.79 Å². The number of amides is 1. The van der Waals surface area contributed by atoms with E-state index >= 15 is 0 Å². The predicted octanol–water partition coefficient (Wildman–Crippen LogP) is 1.70. The zero-order valence-electron chi connectivity index (χ0n) is 11.9. The lowest BCUT2D eigenvalue weighted by Gasteiger charge is -2.32. The van der Waals surface area contributed by atoms with Crippen LogP contribution >= 0.6 is 0 Å². The van der Waals surface area contributed by atoms with Crippen molar-refractivity contribution in [1.29, 1.82) is 0 Å². The van der Waals surface area contributed by atoms with Gasteiger partial charge in [-0.1, -0.05) is 20.3 Å². The van der Waals surface area contributed by atoms with Crippen LogP contribution in [-0.4, -0.2) is 38.8 Å². The second kappa shape index (κ2) is 8.48. The minimum Gasteiger partial charge on any atom is -0.381 e. The van der Waals surface area contributed by atoms with Crippen LogP contribution in [0, 0.1) is 5.41 Å². The molecule has 0 aliphatic carbocycles. The molecule has 0 aromatic rings. The molecule has 0 atom stereocenters. The number of piperidine rings is 1. The molecule has 0 aromatic heterocycles. The summed E-state index contributed by atoms with van der Waals surface area (Å²) in [5, 5.41) is 6.33. The molecule has 1 aliphatic rings. The van der Waals surface area contributed by atoms with Gasteiger partial charge in [-0.25, -0.2) is 0 Å². The Morgan fingerprint density at radius 1 is 1.28 bits per heavy atom. The van der Waals surface area contributed by atoms with Gasteiger partial charge in [0.25, 0.3) is 0 Å². The summed E-state index contributed by atoms with van der Waals surface area (Å²) in [7, 11) is 0. The highest BCUT2D eigenvalue weighted by molar-refractivity contribution is 5.82. The fourth-order valence-corrected chi connectivity index (χ4v) is 2.14. The molecule has 4 nitrogen and oxygen atoms in total. The molecule has 1 aliphatic heterocycles. The maximum absolute atomic E-state index is 12.1. The minimum absolute atomic E-state index is 0.172. The lowest BCUT2D eigenvalue weighted by molar-refractivity contribution is -0.131. The summed E-state index contributed by atoms with van der Waals surface area (Å²) in [5.74, 6) is 0.206. The molecule has 1 rings (SSSR count). The first kappa shape index (κ1) is 15.4. The number of carbonyl (C=O) groups is 1. The zero-order chi connectivity index (χ0) is 13.3. The molecular formula is C14H28N2O2. The first-order valence-electron chi connectivity index (χ1n) is 7.26. The third kappa shape index (κ3) is 5.36. The number of rotatable bonds is 8. The van der Waals surface area contributed by atoms with Crippen LogP contribution in [0.5, 0.6) is 0 Å². The van der Waals surface area contributed by atoms with E-state index in [1.54, 1.807) is 0 Å². The summed E-state index contributed by atoms with van der Waals surface area (Å²) in [6.45, 7) is 8.44. The maximum atomic E-state index is 12.1. The van der Waals surface area contributed by atoms with Gasteiger partial charge in [0, 0.05) is 25.2 Å². The topological polar surface area (TPSA) is 50.4 Å². The molecule has 18 heavy (non-hydrogen) atoms. The van der Waals surface area contributed by atoms with Crippen molar-refractivity contribution in [2.24, 2.45) is 5.41 Å². The van der Waals surface area contributed by atoms with E-state index in [0.717, 1.165) is 58.5 Å². The number of hydrogen-bond acceptors (Lipinski definition) is 3. The van der Waals surface area contributed by atoms with Crippen LogP contribution in [0.1, 0.15) is 46.0 Å². The van der Waals surface area contributed by atoms with Crippen LogP contribution in [0.15, 0.2) is 0 Å². The number of nitrogens with one attached hydrogen (secondary N) is 2. The quantitative estimate of drug-likeness (QED) is 0.650. The van der Waals surface area contributed by atoms with E-state index in [4.69, 9.17) is 4.74 Å². The number of hydrogen-bond donors (Lipinski definition) is 2. The van der Waals surface area contributed by atoms with E-state index in [1.807, 2.05) is 0 Å². The van der Waals surface area contributed by atoms with Gasteiger partial charge in [0.2, 0.25) is 5.91 Å². The highest BCUT2D eigenvalue weighted by Crippen LogP contribution is 2.27. The smallest absolute Gasteiger partial charge is 0.226 e. The normalized spacial score (nSPS) is 18.6. The van der Waals surface area contributed by atoms with Crippen molar-refractivity contribution in [3.63, 3.8) is 0 Å². The summed E-state index contributed by atoms with van der Waals surface area (Å²) in [6.07, 6.45) is 5.07. The van der Waals surface area contributed by atoms with Crippen molar-refractivity contribution in [1.82, 2.24) is 10.6 Å². The first-order valence-corrected chi connectivity index (χ1v) is 7.26. The Morgan fingerprint density at radius 3 is 2.61 bits per heavy atom. The Balaban J connectivity index is 2.05. The lowest BCUT2D eigenvalue weighted by Crippen LogP contribution is -2.46. The summed E-state index contributed by atoms with van der Waals surface area (Å²) in [4.78, 5) is 12.1. The van der Waals surface area contributed by atoms with Gasteiger partial charge < -0.3 is 15.4 Å². The monoisotopic (exact) mass is 256 g/mol. The van der Waals surface area contributed by atoms with Gasteiger partial charge in [-0.05, 0) is 38.8 Å². The van der Waals surface area contributed by atoms with Gasteiger partial charge in [-0.15, -0.1) is 0 Å². The third-order valence-electron chi connectivity index (χ3n) is 3.65. The van der Waals surface area contributed by atoms with E-state index in [1.165, 1.54) is 6.42 Å². The highest BCUT2D eigenvalue weighted by Gasteiger charge is 2.33. The molecule has 0 unspecified atom stereocenters. The van der Waals surface area contributed by atoms with Gasteiger partial charge in [0.05, 0.1) is 0 Å². The molecule has 2 N–H and O–H groups in total. The molecule has 0 aromatic carbocycles. The van der Waals surface area contributed by atoms with Crippen LogP contribution in [0.25, 0.3) is 0 Å². The van der Waals surface area contributed by atoms with Gasteiger partial charge in [0.1, 0.15) is 0 Å². The van der Waals surface area contributed by atoms with E-state index in [0.29, 0.717) is 0 Å². The van der Waals surface area contributed by atoms with E-state index in [9.17, 15) is 4.79 Å². The van der Waals surface area contributed by atoms with Crippen LogP contribution in [0.2, 0.25) is 0 Å². The summed E-state index contributed by atoms with van der Waals surface area (Å²) < 4.78 is 5.47. The van der Waals surface area contributed by atoms with Crippen molar-refractivity contribution in [2.45, 2.75) is 46.0 Å². The van der Waals surface area contributed by atoms with Crippen LogP contribution in [-0.2, 0) is 9.53 Å². The van der Waals surface area contributed by atoms with E-state index in [2.05, 4.69) is 24.5 Å². The molecule has 1 heterocycles. The molecule has 0 saturated carbocycles. The van der Waals surface area contributed by atoms with E-state index in [-0.39, 0.29) is 11.3 Å². The van der Waals surface area contributed by atoms with Crippen molar-refractivity contribution in [3.8, 4) is 0 Å². The average Bonchev–Trinajstić information content (AvgIpc) is 2.38. The fourth-order valence-electron chi connectivity index (χ4n) is 2.14. The SMILES string of the molecule is CCCCOCCCNC(=O)C1(C)CCNCC1. The Kier molecular flexibility index (Phi) is 7.28. The number of carbonyl (C=O) groups excluding carboxylic acids is 1. The number of ether oxygens (including phenoxy) is 1. The van der Waals surface area contributed by atoms with Crippen LogP contribution in [0.3, 0.4) is 0 Å². The highest BCUT2D eigenvalue weighted by atomic mass is 16.5. The van der Waals surface area contributed by atoms with Gasteiger partial charge >= 0.3 is 0 Å². The molecule has 0 bridgehead atoms. The average molecular weight is 256 g/mol. The molecular weight excluding hydrogens is 228 g/mol. The molecule has 1 saturated heterocycles. The Morgan fingerprint density at radius 2 is 1.94 bits per heavy atom. The Bertz CT molecular complexity index is 238. The van der Waals surface area contributed by atoms with Crippen LogP contribution in [0.4, 0.5) is 0 Å². The van der Waals surface area contributed by atoms with Crippen molar-refractivity contribution in [2.75, 3.05) is 32.8 Å². The van der Waals surface area contributed by atoms with Crippen molar-refractivity contribution < 1.29 is 9.53 Å². The van der Waals surface area contributed by atoms with Gasteiger partial charge in [0.15, 0.2) is 0 Å². The van der Waals surface area contributed by atoms with Crippen LogP contribution < -0.4 is 10.6 Å². The number of unbranched alkanes of at least 4 members (excludes halogenated alkanes) is 1. The third-order valence-corrected chi connectivity index (χ3v) is 3.65. The fraction of sp³-hybridized carbons (Fsp3) is 0.929. The summed E-state index contributed by atoms with van der Waals surface area (Å²) >= 11 is 0. The first-order chi connectivity index (χ1) is 8.69. The van der Waals surface area contributed by atoms with Crippen molar-refractivity contribution in [3.05, 3.63) is 0 Å². The Labute approximate surface area is 111 Å². The van der Waals surface area contributed by atoms with E-state index < -0.39 is 0 Å². The lowest BCUT2D eigenvalue weighted by atomic mass is 9.80.